The summed E-state index contributed by atoms with van der Waals surface area (Å²) >= 11 is 0. The first-order valence-electron chi connectivity index (χ1n) is 12.9. The van der Waals surface area contributed by atoms with Crippen molar-refractivity contribution >= 4 is 17.7 Å². The van der Waals surface area contributed by atoms with Crippen LogP contribution in [0.1, 0.15) is 44.9 Å². The Labute approximate surface area is 234 Å². The van der Waals surface area contributed by atoms with Crippen LogP contribution in [0.2, 0.25) is 0 Å². The Morgan fingerprint density at radius 2 is 1.75 bits per heavy atom. The number of carbonyl (C=O) groups is 1. The van der Waals surface area contributed by atoms with Gasteiger partial charge in [-0.05, 0) is 76.6 Å². The fourth-order valence-electron chi connectivity index (χ4n) is 4.00. The van der Waals surface area contributed by atoms with Crippen LogP contribution in [-0.2, 0) is 4.74 Å². The van der Waals surface area contributed by atoms with Crippen LogP contribution >= 0.6 is 0 Å². The lowest BCUT2D eigenvalue weighted by atomic mass is 10.1. The molecule has 0 fully saturated rings. The third-order valence-electron chi connectivity index (χ3n) is 6.10. The predicted molar refractivity (Wildman–Crippen MR) is 154 cm³/mol. The molecule has 0 spiro atoms. The number of ether oxygens (including phenoxy) is 2. The highest BCUT2D eigenvalue weighted by molar-refractivity contribution is 5.67. The van der Waals surface area contributed by atoms with Crippen LogP contribution in [0.5, 0.6) is 11.6 Å². The Balaban J connectivity index is 1.63. The number of pyridine rings is 1. The summed E-state index contributed by atoms with van der Waals surface area (Å²) < 4.78 is 10.3. The number of hydrogen-bond acceptors (Lipinski definition) is 9. The first kappa shape index (κ1) is 28.5. The summed E-state index contributed by atoms with van der Waals surface area (Å²) in [6, 6.07) is 18.9. The van der Waals surface area contributed by atoms with Crippen LogP contribution in [0, 0.1) is 12.1 Å². The van der Waals surface area contributed by atoms with Crippen LogP contribution in [0.15, 0.2) is 79.1 Å². The number of quaternary nitrogens is 1. The normalized spacial score (nSPS) is 13.6. The molecule has 2 aromatic carbocycles. The smallest absolute Gasteiger partial charge is 0.542 e. The Bertz CT molecular complexity index is 1470. The van der Waals surface area contributed by atoms with Gasteiger partial charge in [0.1, 0.15) is 17.4 Å². The van der Waals surface area contributed by atoms with Crippen LogP contribution in [0.25, 0.3) is 11.3 Å². The van der Waals surface area contributed by atoms with Gasteiger partial charge < -0.3 is 20.0 Å². The average molecular weight is 543 g/mol. The summed E-state index contributed by atoms with van der Waals surface area (Å²) in [5.41, 5.74) is 5.23. The molecule has 40 heavy (non-hydrogen) atoms. The molecule has 0 bridgehead atoms. The first-order chi connectivity index (χ1) is 19.0. The van der Waals surface area contributed by atoms with Gasteiger partial charge in [0.2, 0.25) is 11.8 Å². The fourth-order valence-corrected chi connectivity index (χ4v) is 4.00. The number of amides is 1. The van der Waals surface area contributed by atoms with Gasteiger partial charge in [0.25, 0.3) is 0 Å². The third kappa shape index (κ3) is 6.53. The summed E-state index contributed by atoms with van der Waals surface area (Å²) in [5.74, 6) is 1.38. The minimum Gasteiger partial charge on any atom is -0.596 e. The molecule has 0 saturated heterocycles. The van der Waals surface area contributed by atoms with Gasteiger partial charge in [-0.1, -0.05) is 30.3 Å². The van der Waals surface area contributed by atoms with E-state index >= 15 is 0 Å². The van der Waals surface area contributed by atoms with Gasteiger partial charge in [-0.2, -0.15) is 4.79 Å². The van der Waals surface area contributed by atoms with Crippen molar-refractivity contribution in [1.29, 1.82) is 0 Å². The number of anilines is 2. The van der Waals surface area contributed by atoms with Gasteiger partial charge in [0, 0.05) is 25.0 Å². The lowest BCUT2D eigenvalue weighted by Gasteiger charge is -2.43. The number of aromatic nitrogens is 3. The highest BCUT2D eigenvalue weighted by atomic mass is 16.7. The number of nitrogens with zero attached hydrogens (tertiary/aromatic N) is 4. The minimum absolute atomic E-state index is 0.368. The quantitative estimate of drug-likeness (QED) is 0.179. The molecule has 0 aliphatic heterocycles. The molecule has 0 saturated carbocycles. The molecule has 0 radical (unpaired) electrons. The van der Waals surface area contributed by atoms with Crippen molar-refractivity contribution in [2.45, 2.75) is 46.3 Å². The van der Waals surface area contributed by atoms with E-state index in [1.165, 1.54) is 0 Å². The largest absolute Gasteiger partial charge is 0.596 e. The molecule has 1 amide bonds. The maximum Gasteiger partial charge on any atom is 0.542 e. The molecule has 2 unspecified atom stereocenters. The van der Waals surface area contributed by atoms with E-state index in [4.69, 9.17) is 9.47 Å². The molecule has 2 heterocycles. The van der Waals surface area contributed by atoms with Crippen molar-refractivity contribution in [3.8, 4) is 22.9 Å². The number of hydroxylamine groups is 2. The van der Waals surface area contributed by atoms with Crippen LogP contribution < -0.4 is 15.5 Å². The molecule has 2 aromatic heterocycles. The molecule has 2 atom stereocenters. The zero-order chi connectivity index (χ0) is 28.9. The van der Waals surface area contributed by atoms with Crippen molar-refractivity contribution in [3.63, 3.8) is 0 Å². The van der Waals surface area contributed by atoms with Crippen LogP contribution in [0.3, 0.4) is 0 Å². The van der Waals surface area contributed by atoms with Crippen molar-refractivity contribution in [1.82, 2.24) is 15.0 Å². The topological polar surface area (TPSA) is 121 Å². The second kappa shape index (κ2) is 11.7. The van der Waals surface area contributed by atoms with Crippen LogP contribution in [-0.4, -0.2) is 38.4 Å². The SMILES string of the molecule is CNc1nccc(-c2cccnc2Oc2ccc(N[N+]([O-])(C(=O)OC(C)(C)C)C(C)c3ccccc3)cc2C)n1. The number of nitrogens with one attached hydrogen (secondary N) is 2. The van der Waals surface area contributed by atoms with E-state index in [1.54, 1.807) is 77.5 Å². The van der Waals surface area contributed by atoms with Crippen LogP contribution in [0.4, 0.5) is 16.4 Å². The number of aryl methyl sites for hydroxylation is 1. The Morgan fingerprint density at radius 3 is 2.42 bits per heavy atom. The summed E-state index contributed by atoms with van der Waals surface area (Å²) in [5, 5.41) is 17.1. The number of rotatable bonds is 8. The maximum absolute atomic E-state index is 14.2. The second-order valence-electron chi connectivity index (χ2n) is 10.3. The highest BCUT2D eigenvalue weighted by Crippen LogP contribution is 2.35. The Kier molecular flexibility index (Phi) is 8.32. The minimum atomic E-state index is -1.44. The molecule has 4 rings (SSSR count). The van der Waals surface area contributed by atoms with Gasteiger partial charge in [0.15, 0.2) is 0 Å². The van der Waals surface area contributed by atoms with Crippen molar-refractivity contribution < 1.29 is 19.0 Å². The molecule has 2 N–H and O–H groups in total. The van der Waals surface area contributed by atoms with E-state index in [9.17, 15) is 10.0 Å². The molecular weight excluding hydrogens is 508 g/mol. The second-order valence-corrected chi connectivity index (χ2v) is 10.3. The zero-order valence-corrected chi connectivity index (χ0v) is 23.5. The van der Waals surface area contributed by atoms with Gasteiger partial charge in [0.05, 0.1) is 16.9 Å². The van der Waals surface area contributed by atoms with Crippen molar-refractivity contribution in [2.75, 3.05) is 17.8 Å². The molecule has 10 nitrogen and oxygen atoms in total. The summed E-state index contributed by atoms with van der Waals surface area (Å²) in [7, 11) is 1.75. The van der Waals surface area contributed by atoms with E-state index in [0.717, 1.165) is 5.56 Å². The van der Waals surface area contributed by atoms with E-state index < -0.39 is 22.5 Å². The van der Waals surface area contributed by atoms with E-state index in [0.29, 0.717) is 40.1 Å². The molecule has 4 aromatic rings. The maximum atomic E-state index is 14.2. The van der Waals surface area contributed by atoms with E-state index in [1.807, 2.05) is 43.3 Å². The van der Waals surface area contributed by atoms with Crippen molar-refractivity contribution in [2.24, 2.45) is 0 Å². The molecule has 0 aliphatic carbocycles. The molecule has 10 heteroatoms. The lowest BCUT2D eigenvalue weighted by Crippen LogP contribution is -2.55. The number of carbonyl (C=O) groups excluding carboxylic acids is 1. The average Bonchev–Trinajstić information content (AvgIpc) is 2.94. The van der Waals surface area contributed by atoms with Gasteiger partial charge in [-0.25, -0.2) is 20.4 Å². The zero-order valence-electron chi connectivity index (χ0n) is 23.5. The molecular formula is C30H34N6O4. The third-order valence-corrected chi connectivity index (χ3v) is 6.10. The Morgan fingerprint density at radius 1 is 1.00 bits per heavy atom. The van der Waals surface area contributed by atoms with Gasteiger partial charge in [-0.15, -0.1) is 4.76 Å². The van der Waals surface area contributed by atoms with E-state index in [2.05, 4.69) is 25.7 Å². The number of hydrogen-bond donors (Lipinski definition) is 2. The summed E-state index contributed by atoms with van der Waals surface area (Å²) in [4.78, 5) is 26.3. The van der Waals surface area contributed by atoms with Gasteiger partial charge in [-0.3, -0.25) is 0 Å². The lowest BCUT2D eigenvalue weighted by molar-refractivity contribution is -0.817. The van der Waals surface area contributed by atoms with Gasteiger partial charge >= 0.3 is 6.09 Å². The van der Waals surface area contributed by atoms with Crippen molar-refractivity contribution in [3.05, 3.63) is 95.5 Å². The molecule has 0 aliphatic rings. The highest BCUT2D eigenvalue weighted by Gasteiger charge is 2.40. The summed E-state index contributed by atoms with van der Waals surface area (Å²) in [6.45, 7) is 8.72. The first-order valence-corrected chi connectivity index (χ1v) is 12.9. The fraction of sp³-hybridized carbons (Fsp3) is 0.267. The monoisotopic (exact) mass is 542 g/mol. The Hall–Kier alpha value is -4.54. The summed E-state index contributed by atoms with van der Waals surface area (Å²) in [6.07, 6.45) is 2.36. The predicted octanol–water partition coefficient (Wildman–Crippen LogP) is 7.02. The molecule has 208 valence electrons. The van der Waals surface area contributed by atoms with E-state index in [-0.39, 0.29) is 0 Å². The standard InChI is InChI=1S/C30H34N6O4/c1-20-19-23(35-36(38,29(37)40-30(3,4)5)21(2)22-11-8-7-9-12-22)14-15-26(20)39-27-24(13-10-17-32-27)25-16-18-33-28(31-6)34-25/h7-19,21,35H,1-6H3,(H,31,33,34). The number of benzene rings is 2.